The Labute approximate surface area is 164 Å². The van der Waals surface area contributed by atoms with Crippen LogP contribution in [-0.2, 0) is 13.0 Å². The zero-order valence-corrected chi connectivity index (χ0v) is 16.9. The van der Waals surface area contributed by atoms with Crippen LogP contribution in [0.4, 0.5) is 0 Å². The van der Waals surface area contributed by atoms with E-state index in [-0.39, 0.29) is 5.25 Å². The highest BCUT2D eigenvalue weighted by molar-refractivity contribution is 7.99. The van der Waals surface area contributed by atoms with E-state index in [1.54, 1.807) is 11.8 Å². The van der Waals surface area contributed by atoms with Crippen molar-refractivity contribution < 1.29 is 4.52 Å². The topological polar surface area (TPSA) is 69.6 Å². The van der Waals surface area contributed by atoms with Crippen molar-refractivity contribution in [2.75, 3.05) is 0 Å². The Morgan fingerprint density at radius 3 is 2.93 bits per heavy atom. The fourth-order valence-corrected chi connectivity index (χ4v) is 3.63. The zero-order chi connectivity index (χ0) is 19.2. The van der Waals surface area contributed by atoms with E-state index in [0.29, 0.717) is 12.4 Å². The molecule has 0 aliphatic rings. The normalized spacial score (nSPS) is 12.3. The minimum Gasteiger partial charge on any atom is -0.338 e. The maximum Gasteiger partial charge on any atom is 0.239 e. The summed E-state index contributed by atoms with van der Waals surface area (Å²) in [5.74, 6) is 2.23. The molecule has 0 fully saturated rings. The maximum absolute atomic E-state index is 5.44. The predicted molar refractivity (Wildman–Crippen MR) is 108 cm³/mol. The van der Waals surface area contributed by atoms with Crippen LogP contribution in [0.15, 0.2) is 46.6 Å². The van der Waals surface area contributed by atoms with E-state index in [0.717, 1.165) is 41.6 Å². The number of aryl methyl sites for hydroxylation is 2. The van der Waals surface area contributed by atoms with Crippen LogP contribution >= 0.6 is 11.8 Å². The van der Waals surface area contributed by atoms with Crippen molar-refractivity contribution in [1.29, 1.82) is 0 Å². The summed E-state index contributed by atoms with van der Waals surface area (Å²) in [4.78, 5) is 4.52. The molecule has 142 valence electrons. The van der Waals surface area contributed by atoms with E-state index in [9.17, 15) is 0 Å². The van der Waals surface area contributed by atoms with E-state index < -0.39 is 0 Å². The van der Waals surface area contributed by atoms with E-state index in [1.807, 2.05) is 25.1 Å². The molecule has 0 saturated carbocycles. The highest BCUT2D eigenvalue weighted by Gasteiger charge is 2.21. The lowest BCUT2D eigenvalue weighted by Gasteiger charge is -2.10. The second-order valence-corrected chi connectivity index (χ2v) is 7.80. The molecule has 1 aromatic carbocycles. The average Bonchev–Trinajstić information content (AvgIpc) is 3.28. The third kappa shape index (κ3) is 4.66. The summed E-state index contributed by atoms with van der Waals surface area (Å²) in [7, 11) is 0. The van der Waals surface area contributed by atoms with Crippen molar-refractivity contribution in [3.8, 4) is 11.4 Å². The van der Waals surface area contributed by atoms with Crippen LogP contribution in [0.2, 0.25) is 0 Å². The number of hydrogen-bond donors (Lipinski definition) is 0. The van der Waals surface area contributed by atoms with Crippen LogP contribution in [0.3, 0.4) is 0 Å². The summed E-state index contributed by atoms with van der Waals surface area (Å²) in [6, 6.07) is 8.26. The van der Waals surface area contributed by atoms with Gasteiger partial charge in [-0.05, 0) is 26.3 Å². The molecule has 2 aromatic heterocycles. The van der Waals surface area contributed by atoms with Gasteiger partial charge in [0.1, 0.15) is 0 Å². The van der Waals surface area contributed by atoms with Gasteiger partial charge in [-0.15, -0.1) is 16.8 Å². The molecule has 7 heteroatoms. The Morgan fingerprint density at radius 1 is 1.33 bits per heavy atom. The van der Waals surface area contributed by atoms with Gasteiger partial charge in [0.2, 0.25) is 5.89 Å². The minimum absolute atomic E-state index is 0.00833. The maximum atomic E-state index is 5.44. The summed E-state index contributed by atoms with van der Waals surface area (Å²) >= 11 is 1.57. The van der Waals surface area contributed by atoms with Gasteiger partial charge in [-0.1, -0.05) is 60.1 Å². The summed E-state index contributed by atoms with van der Waals surface area (Å²) in [5.41, 5.74) is 2.23. The van der Waals surface area contributed by atoms with Crippen LogP contribution < -0.4 is 0 Å². The number of benzene rings is 1. The van der Waals surface area contributed by atoms with E-state index >= 15 is 0 Å². The standard InChI is InChI=1S/C20H25N5OS/c1-5-7-11-17-21-19(26-24-17)15(4)27-20-23-22-18(25(20)12-6-2)16-10-8-9-14(3)13-16/h6,8-10,13,15H,2,5,7,11-12H2,1,3-4H3. The van der Waals surface area contributed by atoms with Crippen molar-refractivity contribution in [2.24, 2.45) is 0 Å². The largest absolute Gasteiger partial charge is 0.338 e. The van der Waals surface area contributed by atoms with Crippen molar-refractivity contribution >= 4 is 11.8 Å². The number of rotatable bonds is 9. The summed E-state index contributed by atoms with van der Waals surface area (Å²) in [5, 5.41) is 13.7. The molecule has 3 rings (SSSR count). The van der Waals surface area contributed by atoms with Gasteiger partial charge < -0.3 is 4.52 Å². The molecule has 6 nitrogen and oxygen atoms in total. The Bertz CT molecular complexity index is 901. The fraction of sp³-hybridized carbons (Fsp3) is 0.400. The smallest absolute Gasteiger partial charge is 0.239 e. The van der Waals surface area contributed by atoms with E-state index in [1.165, 1.54) is 5.56 Å². The van der Waals surface area contributed by atoms with Gasteiger partial charge in [0, 0.05) is 18.5 Å². The van der Waals surface area contributed by atoms with Crippen molar-refractivity contribution in [1.82, 2.24) is 24.9 Å². The molecule has 0 saturated heterocycles. The van der Waals surface area contributed by atoms with Crippen LogP contribution in [0, 0.1) is 6.92 Å². The lowest BCUT2D eigenvalue weighted by atomic mass is 10.1. The number of allylic oxidation sites excluding steroid dienone is 1. The highest BCUT2D eigenvalue weighted by Crippen LogP contribution is 2.34. The number of aromatic nitrogens is 5. The van der Waals surface area contributed by atoms with Crippen LogP contribution in [0.25, 0.3) is 11.4 Å². The second-order valence-electron chi connectivity index (χ2n) is 6.49. The summed E-state index contributed by atoms with van der Waals surface area (Å²) in [6.45, 7) is 10.8. The summed E-state index contributed by atoms with van der Waals surface area (Å²) < 4.78 is 7.51. The number of unbranched alkanes of at least 4 members (excludes halogenated alkanes) is 1. The molecule has 0 spiro atoms. The van der Waals surface area contributed by atoms with Gasteiger partial charge in [0.15, 0.2) is 16.8 Å². The molecule has 2 heterocycles. The number of nitrogens with zero attached hydrogens (tertiary/aromatic N) is 5. The number of hydrogen-bond acceptors (Lipinski definition) is 6. The van der Waals surface area contributed by atoms with Gasteiger partial charge in [-0.25, -0.2) is 0 Å². The second kappa shape index (κ2) is 8.99. The molecule has 0 bridgehead atoms. The number of thioether (sulfide) groups is 1. The predicted octanol–water partition coefficient (Wildman–Crippen LogP) is 5.02. The monoisotopic (exact) mass is 383 g/mol. The van der Waals surface area contributed by atoms with Gasteiger partial charge in [0.25, 0.3) is 0 Å². The zero-order valence-electron chi connectivity index (χ0n) is 16.1. The molecule has 0 aliphatic carbocycles. The molecule has 0 radical (unpaired) electrons. The van der Waals surface area contributed by atoms with Gasteiger partial charge in [-0.3, -0.25) is 4.57 Å². The summed E-state index contributed by atoms with van der Waals surface area (Å²) in [6.07, 6.45) is 4.88. The van der Waals surface area contributed by atoms with Crippen LogP contribution in [0.5, 0.6) is 0 Å². The van der Waals surface area contributed by atoms with Crippen molar-refractivity contribution in [2.45, 2.75) is 57.0 Å². The Kier molecular flexibility index (Phi) is 6.45. The molecule has 0 amide bonds. The Morgan fingerprint density at radius 2 is 2.19 bits per heavy atom. The van der Waals surface area contributed by atoms with E-state index in [2.05, 4.69) is 57.5 Å². The first-order valence-electron chi connectivity index (χ1n) is 9.22. The van der Waals surface area contributed by atoms with Gasteiger partial charge in [0.05, 0.1) is 5.25 Å². The molecule has 27 heavy (non-hydrogen) atoms. The van der Waals surface area contributed by atoms with Crippen LogP contribution in [-0.4, -0.2) is 24.9 Å². The van der Waals surface area contributed by atoms with Crippen molar-refractivity contribution in [3.05, 3.63) is 54.2 Å². The SMILES string of the molecule is C=CCn1c(SC(C)c2nc(CCCC)no2)nnc1-c1cccc(C)c1. The molecule has 0 aliphatic heterocycles. The molecular weight excluding hydrogens is 358 g/mol. The first-order valence-corrected chi connectivity index (χ1v) is 10.1. The van der Waals surface area contributed by atoms with E-state index in [4.69, 9.17) is 4.52 Å². The molecule has 3 aromatic rings. The first-order chi connectivity index (χ1) is 13.1. The fourth-order valence-electron chi connectivity index (χ4n) is 2.74. The quantitative estimate of drug-likeness (QED) is 0.382. The van der Waals surface area contributed by atoms with Gasteiger partial charge >= 0.3 is 0 Å². The Hall–Kier alpha value is -2.41. The highest BCUT2D eigenvalue weighted by atomic mass is 32.2. The lowest BCUT2D eigenvalue weighted by Crippen LogP contribution is -2.02. The first kappa shape index (κ1) is 19.4. The van der Waals surface area contributed by atoms with Crippen molar-refractivity contribution in [3.63, 3.8) is 0 Å². The molecule has 1 atom stereocenters. The third-order valence-electron chi connectivity index (χ3n) is 4.17. The average molecular weight is 384 g/mol. The third-order valence-corrected chi connectivity index (χ3v) is 5.24. The molecule has 0 N–H and O–H groups in total. The Balaban J connectivity index is 1.82. The molecular formula is C20H25N5OS. The molecule has 1 unspecified atom stereocenters. The minimum atomic E-state index is -0.00833. The van der Waals surface area contributed by atoms with Gasteiger partial charge in [-0.2, -0.15) is 4.98 Å². The lowest BCUT2D eigenvalue weighted by molar-refractivity contribution is 0.374. The van der Waals surface area contributed by atoms with Crippen LogP contribution in [0.1, 0.15) is 49.2 Å².